The molecule has 14 heavy (non-hydrogen) atoms. The minimum atomic E-state index is 0.710. The van der Waals surface area contributed by atoms with Crippen molar-refractivity contribution in [1.29, 1.82) is 0 Å². The highest BCUT2D eigenvalue weighted by atomic mass is 32.1. The minimum absolute atomic E-state index is 0.710. The molecule has 0 bridgehead atoms. The van der Waals surface area contributed by atoms with Gasteiger partial charge in [-0.15, -0.1) is 11.3 Å². The van der Waals surface area contributed by atoms with Gasteiger partial charge in [-0.1, -0.05) is 12.8 Å². The van der Waals surface area contributed by atoms with Crippen molar-refractivity contribution in [3.05, 3.63) is 21.9 Å². The number of rotatable bonds is 2. The van der Waals surface area contributed by atoms with E-state index in [1.165, 1.54) is 30.6 Å². The van der Waals surface area contributed by atoms with E-state index in [1.54, 1.807) is 4.88 Å². The van der Waals surface area contributed by atoms with Gasteiger partial charge in [0.25, 0.3) is 0 Å². The van der Waals surface area contributed by atoms with Gasteiger partial charge in [0.2, 0.25) is 0 Å². The van der Waals surface area contributed by atoms with Gasteiger partial charge < -0.3 is 5.32 Å². The lowest BCUT2D eigenvalue weighted by Gasteiger charge is -2.30. The molecule has 0 aromatic carbocycles. The van der Waals surface area contributed by atoms with Gasteiger partial charge in [0.1, 0.15) is 0 Å². The van der Waals surface area contributed by atoms with E-state index in [4.69, 9.17) is 0 Å². The lowest BCUT2D eigenvalue weighted by Crippen LogP contribution is -2.34. The van der Waals surface area contributed by atoms with E-state index in [0.29, 0.717) is 6.04 Å². The van der Waals surface area contributed by atoms with Crippen LogP contribution in [0.5, 0.6) is 0 Å². The summed E-state index contributed by atoms with van der Waals surface area (Å²) in [6.07, 6.45) is 5.51. The van der Waals surface area contributed by atoms with Gasteiger partial charge in [-0.3, -0.25) is 0 Å². The van der Waals surface area contributed by atoms with E-state index in [0.717, 1.165) is 5.92 Å². The van der Waals surface area contributed by atoms with E-state index in [2.05, 4.69) is 31.4 Å². The van der Waals surface area contributed by atoms with E-state index < -0.39 is 0 Å². The normalized spacial score (nSPS) is 27.9. The monoisotopic (exact) mass is 209 g/mol. The first-order valence-electron chi connectivity index (χ1n) is 5.55. The average molecular weight is 209 g/mol. The molecule has 1 N–H and O–H groups in total. The fourth-order valence-electron chi connectivity index (χ4n) is 2.47. The lowest BCUT2D eigenvalue weighted by molar-refractivity contribution is 0.347. The van der Waals surface area contributed by atoms with Crippen molar-refractivity contribution in [2.24, 2.45) is 0 Å². The Kier molecular flexibility index (Phi) is 3.24. The molecule has 1 aliphatic rings. The molecule has 2 atom stereocenters. The van der Waals surface area contributed by atoms with Crippen LogP contribution in [0.15, 0.2) is 12.1 Å². The number of likely N-dealkylation sites (N-methyl/N-ethyl adjacent to an activating group) is 1. The third kappa shape index (κ3) is 2.01. The van der Waals surface area contributed by atoms with E-state index in [1.807, 2.05) is 11.3 Å². The summed E-state index contributed by atoms with van der Waals surface area (Å²) in [5.41, 5.74) is 0. The second-order valence-electron chi connectivity index (χ2n) is 4.23. The first kappa shape index (κ1) is 10.2. The molecule has 0 radical (unpaired) electrons. The standard InChI is InChI=1S/C12H19NS/c1-9-7-8-12(14-9)10-5-3-4-6-11(10)13-2/h7-8,10-11,13H,3-6H2,1-2H3. The number of hydrogen-bond donors (Lipinski definition) is 1. The van der Waals surface area contributed by atoms with Crippen LogP contribution in [0, 0.1) is 6.92 Å². The number of aryl methyl sites for hydroxylation is 1. The zero-order chi connectivity index (χ0) is 9.97. The summed E-state index contributed by atoms with van der Waals surface area (Å²) in [4.78, 5) is 3.03. The van der Waals surface area contributed by atoms with Gasteiger partial charge in [-0.05, 0) is 38.9 Å². The molecule has 1 nitrogen and oxygen atoms in total. The van der Waals surface area contributed by atoms with Gasteiger partial charge in [0, 0.05) is 21.7 Å². The van der Waals surface area contributed by atoms with Crippen molar-refractivity contribution in [1.82, 2.24) is 5.32 Å². The zero-order valence-corrected chi connectivity index (χ0v) is 9.86. The largest absolute Gasteiger partial charge is 0.316 e. The van der Waals surface area contributed by atoms with Gasteiger partial charge in [-0.2, -0.15) is 0 Å². The predicted molar refractivity (Wildman–Crippen MR) is 63.1 cm³/mol. The third-order valence-corrected chi connectivity index (χ3v) is 4.40. The Labute approximate surface area is 90.5 Å². The van der Waals surface area contributed by atoms with E-state index >= 15 is 0 Å². The Hall–Kier alpha value is -0.340. The highest BCUT2D eigenvalue weighted by Gasteiger charge is 2.25. The Morgan fingerprint density at radius 2 is 2.07 bits per heavy atom. The first-order valence-corrected chi connectivity index (χ1v) is 6.36. The second kappa shape index (κ2) is 4.45. The molecular formula is C12H19NS. The van der Waals surface area contributed by atoms with Crippen LogP contribution in [0.1, 0.15) is 41.4 Å². The maximum Gasteiger partial charge on any atom is 0.0141 e. The molecule has 2 rings (SSSR count). The third-order valence-electron chi connectivity index (χ3n) is 3.26. The summed E-state index contributed by atoms with van der Waals surface area (Å²) in [5.74, 6) is 0.771. The molecule has 1 saturated carbocycles. The summed E-state index contributed by atoms with van der Waals surface area (Å²) in [7, 11) is 2.10. The molecular weight excluding hydrogens is 190 g/mol. The smallest absolute Gasteiger partial charge is 0.0141 e. The van der Waals surface area contributed by atoms with Gasteiger partial charge >= 0.3 is 0 Å². The van der Waals surface area contributed by atoms with Crippen molar-refractivity contribution in [2.75, 3.05) is 7.05 Å². The minimum Gasteiger partial charge on any atom is -0.316 e. The van der Waals surface area contributed by atoms with Crippen molar-refractivity contribution < 1.29 is 0 Å². The van der Waals surface area contributed by atoms with E-state index in [-0.39, 0.29) is 0 Å². The Morgan fingerprint density at radius 1 is 1.29 bits per heavy atom. The molecule has 0 aliphatic heterocycles. The molecule has 1 heterocycles. The SMILES string of the molecule is CNC1CCCCC1c1ccc(C)s1. The fourth-order valence-corrected chi connectivity index (χ4v) is 3.55. The van der Waals surface area contributed by atoms with Crippen molar-refractivity contribution in [3.63, 3.8) is 0 Å². The Morgan fingerprint density at radius 3 is 2.71 bits per heavy atom. The number of thiophene rings is 1. The topological polar surface area (TPSA) is 12.0 Å². The van der Waals surface area contributed by atoms with Crippen LogP contribution in [0.4, 0.5) is 0 Å². The fraction of sp³-hybridized carbons (Fsp3) is 0.667. The molecule has 0 spiro atoms. The second-order valence-corrected chi connectivity index (χ2v) is 5.55. The lowest BCUT2D eigenvalue weighted by atomic mass is 9.83. The van der Waals surface area contributed by atoms with Crippen molar-refractivity contribution in [3.8, 4) is 0 Å². The highest BCUT2D eigenvalue weighted by molar-refractivity contribution is 7.12. The number of hydrogen-bond acceptors (Lipinski definition) is 2. The summed E-state index contributed by atoms with van der Waals surface area (Å²) in [6, 6.07) is 5.28. The molecule has 78 valence electrons. The van der Waals surface area contributed by atoms with Crippen LogP contribution in [0.25, 0.3) is 0 Å². The molecule has 1 fully saturated rings. The van der Waals surface area contributed by atoms with Crippen LogP contribution in [-0.2, 0) is 0 Å². The molecule has 0 amide bonds. The Bertz CT molecular complexity index is 292. The molecule has 2 unspecified atom stereocenters. The first-order chi connectivity index (χ1) is 6.81. The summed E-state index contributed by atoms with van der Waals surface area (Å²) in [6.45, 7) is 2.20. The van der Waals surface area contributed by atoms with Gasteiger partial charge in [-0.25, -0.2) is 0 Å². The van der Waals surface area contributed by atoms with E-state index in [9.17, 15) is 0 Å². The molecule has 0 saturated heterocycles. The molecule has 1 aromatic heterocycles. The van der Waals surface area contributed by atoms with Crippen LogP contribution >= 0.6 is 11.3 Å². The Balaban J connectivity index is 2.14. The average Bonchev–Trinajstić information content (AvgIpc) is 2.65. The molecule has 1 aromatic rings. The van der Waals surface area contributed by atoms with Gasteiger partial charge in [0.05, 0.1) is 0 Å². The summed E-state index contributed by atoms with van der Waals surface area (Å²) >= 11 is 1.97. The maximum atomic E-state index is 3.47. The number of nitrogens with one attached hydrogen (secondary N) is 1. The molecule has 1 aliphatic carbocycles. The highest BCUT2D eigenvalue weighted by Crippen LogP contribution is 2.36. The van der Waals surface area contributed by atoms with Crippen LogP contribution in [-0.4, -0.2) is 13.1 Å². The predicted octanol–water partition coefficient (Wildman–Crippen LogP) is 3.30. The van der Waals surface area contributed by atoms with Crippen molar-refractivity contribution >= 4 is 11.3 Å². The molecule has 2 heteroatoms. The summed E-state index contributed by atoms with van der Waals surface area (Å²) in [5, 5.41) is 3.47. The van der Waals surface area contributed by atoms with Crippen LogP contribution in [0.3, 0.4) is 0 Å². The zero-order valence-electron chi connectivity index (χ0n) is 9.05. The maximum absolute atomic E-state index is 3.47. The quantitative estimate of drug-likeness (QED) is 0.788. The van der Waals surface area contributed by atoms with Gasteiger partial charge in [0.15, 0.2) is 0 Å². The van der Waals surface area contributed by atoms with Crippen LogP contribution in [0.2, 0.25) is 0 Å². The van der Waals surface area contributed by atoms with Crippen LogP contribution < -0.4 is 5.32 Å². The summed E-state index contributed by atoms with van der Waals surface area (Å²) < 4.78 is 0. The van der Waals surface area contributed by atoms with Crippen molar-refractivity contribution in [2.45, 2.75) is 44.6 Å².